The lowest BCUT2D eigenvalue weighted by molar-refractivity contribution is -0.124. The van der Waals surface area contributed by atoms with Gasteiger partial charge < -0.3 is 23.9 Å². The molecule has 3 rings (SSSR count). The van der Waals surface area contributed by atoms with Gasteiger partial charge in [0, 0.05) is 6.07 Å². The lowest BCUT2D eigenvalue weighted by Gasteiger charge is -2.17. The van der Waals surface area contributed by atoms with E-state index in [1.165, 1.54) is 26.7 Å². The van der Waals surface area contributed by atoms with Crippen LogP contribution in [0.4, 0.5) is 5.69 Å². The summed E-state index contributed by atoms with van der Waals surface area (Å²) in [6.45, 7) is 1.75. The summed E-state index contributed by atoms with van der Waals surface area (Å²) in [5, 5.41) is 2.72. The van der Waals surface area contributed by atoms with E-state index >= 15 is 0 Å². The lowest BCUT2D eigenvalue weighted by atomic mass is 10.2. The maximum Gasteiger partial charge on any atom is 0.339 e. The number of benzene rings is 2. The van der Waals surface area contributed by atoms with Gasteiger partial charge in [0.25, 0.3) is 5.91 Å². The van der Waals surface area contributed by atoms with E-state index in [9.17, 15) is 9.59 Å². The molecule has 1 aromatic heterocycles. The summed E-state index contributed by atoms with van der Waals surface area (Å²) in [5.74, 6) is -0.0753. The number of hydrogen-bond donors (Lipinski definition) is 1. The van der Waals surface area contributed by atoms with Gasteiger partial charge in [0.1, 0.15) is 17.0 Å². The molecule has 1 heterocycles. The molecule has 0 bridgehead atoms. The molecule has 0 aliphatic carbocycles. The maximum absolute atomic E-state index is 12.6. The van der Waals surface area contributed by atoms with Gasteiger partial charge in [-0.1, -0.05) is 6.92 Å². The molecule has 0 saturated heterocycles. The molecule has 2 aromatic carbocycles. The molecule has 0 spiro atoms. The molecule has 28 heavy (non-hydrogen) atoms. The van der Waals surface area contributed by atoms with Gasteiger partial charge in [-0.3, -0.25) is 4.79 Å². The molecule has 1 unspecified atom stereocenters. The maximum atomic E-state index is 12.6. The molecule has 146 valence electrons. The number of aromatic nitrogens is 1. The van der Waals surface area contributed by atoms with E-state index in [4.69, 9.17) is 18.6 Å². The van der Waals surface area contributed by atoms with E-state index in [0.717, 1.165) is 0 Å². The van der Waals surface area contributed by atoms with Gasteiger partial charge in [-0.25, -0.2) is 9.78 Å². The third-order valence-corrected chi connectivity index (χ3v) is 4.14. The molecule has 1 N–H and O–H groups in total. The first kappa shape index (κ1) is 19.2. The van der Waals surface area contributed by atoms with E-state index in [1.54, 1.807) is 37.3 Å². The van der Waals surface area contributed by atoms with Crippen LogP contribution in [-0.2, 0) is 9.53 Å². The van der Waals surface area contributed by atoms with E-state index in [1.807, 2.05) is 0 Å². The minimum absolute atomic E-state index is 0.273. The molecule has 1 atom stereocenters. The van der Waals surface area contributed by atoms with Crippen molar-refractivity contribution in [2.75, 3.05) is 19.5 Å². The predicted octanol–water partition coefficient (Wildman–Crippen LogP) is 3.42. The topological polar surface area (TPSA) is 99.9 Å². The van der Waals surface area contributed by atoms with Crippen molar-refractivity contribution in [2.24, 2.45) is 0 Å². The Kier molecular flexibility index (Phi) is 5.78. The number of nitrogens with one attached hydrogen (secondary N) is 1. The Morgan fingerprint density at radius 3 is 2.68 bits per heavy atom. The van der Waals surface area contributed by atoms with Crippen LogP contribution in [0.2, 0.25) is 0 Å². The van der Waals surface area contributed by atoms with Gasteiger partial charge in [-0.2, -0.15) is 0 Å². The smallest absolute Gasteiger partial charge is 0.339 e. The zero-order valence-corrected chi connectivity index (χ0v) is 15.7. The molecule has 0 saturated carbocycles. The van der Waals surface area contributed by atoms with Crippen LogP contribution in [0.3, 0.4) is 0 Å². The number of methoxy groups -OCH3 is 2. The molecule has 0 radical (unpaired) electrons. The van der Waals surface area contributed by atoms with Crippen molar-refractivity contribution in [1.82, 2.24) is 4.98 Å². The summed E-state index contributed by atoms with van der Waals surface area (Å²) in [5.41, 5.74) is 1.79. The Labute approximate surface area is 161 Å². The normalized spacial score (nSPS) is 11.7. The highest BCUT2D eigenvalue weighted by Gasteiger charge is 2.23. The van der Waals surface area contributed by atoms with E-state index in [2.05, 4.69) is 10.3 Å². The largest absolute Gasteiger partial charge is 0.497 e. The van der Waals surface area contributed by atoms with E-state index in [-0.39, 0.29) is 5.56 Å². The Bertz CT molecular complexity index is 997. The molecule has 8 heteroatoms. The number of nitrogens with zero attached hydrogens (tertiary/aromatic N) is 1. The summed E-state index contributed by atoms with van der Waals surface area (Å²) in [6, 6.07) is 9.77. The zero-order chi connectivity index (χ0) is 20.1. The molecule has 0 aliphatic rings. The minimum Gasteiger partial charge on any atom is -0.497 e. The van der Waals surface area contributed by atoms with Crippen molar-refractivity contribution in [3.8, 4) is 11.5 Å². The first-order valence-electron chi connectivity index (χ1n) is 8.62. The number of amides is 1. The minimum atomic E-state index is -0.978. The van der Waals surface area contributed by atoms with Gasteiger partial charge >= 0.3 is 5.97 Å². The Morgan fingerprint density at radius 2 is 1.96 bits per heavy atom. The van der Waals surface area contributed by atoms with Crippen molar-refractivity contribution in [3.05, 3.63) is 48.4 Å². The van der Waals surface area contributed by atoms with Crippen LogP contribution in [0, 0.1) is 0 Å². The van der Waals surface area contributed by atoms with Crippen molar-refractivity contribution >= 4 is 28.7 Å². The number of fused-ring (bicyclic) bond motifs is 1. The van der Waals surface area contributed by atoms with Crippen molar-refractivity contribution in [2.45, 2.75) is 19.4 Å². The quantitative estimate of drug-likeness (QED) is 0.623. The summed E-state index contributed by atoms with van der Waals surface area (Å²) >= 11 is 0. The van der Waals surface area contributed by atoms with Crippen LogP contribution in [-0.4, -0.2) is 37.2 Å². The second-order valence-corrected chi connectivity index (χ2v) is 5.89. The number of oxazole rings is 1. The number of ether oxygens (including phenoxy) is 3. The first-order valence-corrected chi connectivity index (χ1v) is 8.62. The molecular formula is C20H20N2O6. The highest BCUT2D eigenvalue weighted by molar-refractivity contribution is 5.99. The molecule has 8 nitrogen and oxygen atoms in total. The molecule has 1 amide bonds. The van der Waals surface area contributed by atoms with Gasteiger partial charge in [-0.05, 0) is 36.8 Å². The van der Waals surface area contributed by atoms with Gasteiger partial charge in [0.15, 0.2) is 18.1 Å². The number of esters is 1. The fourth-order valence-corrected chi connectivity index (χ4v) is 2.63. The summed E-state index contributed by atoms with van der Waals surface area (Å²) < 4.78 is 21.0. The monoisotopic (exact) mass is 384 g/mol. The average molecular weight is 384 g/mol. The number of rotatable bonds is 7. The molecular weight excluding hydrogens is 364 g/mol. The zero-order valence-electron chi connectivity index (χ0n) is 15.7. The van der Waals surface area contributed by atoms with E-state index < -0.39 is 18.0 Å². The average Bonchev–Trinajstić information content (AvgIpc) is 3.19. The van der Waals surface area contributed by atoms with Crippen LogP contribution in [0.5, 0.6) is 11.5 Å². The number of hydrogen-bond acceptors (Lipinski definition) is 7. The Morgan fingerprint density at radius 1 is 1.14 bits per heavy atom. The summed E-state index contributed by atoms with van der Waals surface area (Å²) in [6.07, 6.45) is 0.617. The summed E-state index contributed by atoms with van der Waals surface area (Å²) in [7, 11) is 3.02. The Balaban J connectivity index is 1.73. The highest BCUT2D eigenvalue weighted by Crippen LogP contribution is 2.29. The fraction of sp³-hybridized carbons (Fsp3) is 0.250. The van der Waals surface area contributed by atoms with Crippen LogP contribution >= 0.6 is 0 Å². The van der Waals surface area contributed by atoms with Crippen LogP contribution in [0.1, 0.15) is 23.7 Å². The molecule has 0 aliphatic heterocycles. The van der Waals surface area contributed by atoms with Crippen molar-refractivity contribution in [3.63, 3.8) is 0 Å². The fourth-order valence-electron chi connectivity index (χ4n) is 2.63. The second kappa shape index (κ2) is 8.43. The summed E-state index contributed by atoms with van der Waals surface area (Å²) in [4.78, 5) is 29.1. The van der Waals surface area contributed by atoms with Crippen molar-refractivity contribution in [1.29, 1.82) is 0 Å². The third-order valence-electron chi connectivity index (χ3n) is 4.14. The van der Waals surface area contributed by atoms with Gasteiger partial charge in [-0.15, -0.1) is 0 Å². The van der Waals surface area contributed by atoms with Crippen LogP contribution < -0.4 is 14.8 Å². The van der Waals surface area contributed by atoms with Crippen LogP contribution in [0.25, 0.3) is 11.1 Å². The van der Waals surface area contributed by atoms with E-state index in [0.29, 0.717) is 34.7 Å². The van der Waals surface area contributed by atoms with Gasteiger partial charge in [0.05, 0.1) is 25.5 Å². The third kappa shape index (κ3) is 4.06. The predicted molar refractivity (Wildman–Crippen MR) is 102 cm³/mol. The van der Waals surface area contributed by atoms with Crippen molar-refractivity contribution < 1.29 is 28.2 Å². The highest BCUT2D eigenvalue weighted by atomic mass is 16.5. The molecule has 0 fully saturated rings. The molecule has 3 aromatic rings. The number of carbonyl (C=O) groups excluding carboxylic acids is 2. The Hall–Kier alpha value is -3.55. The number of carbonyl (C=O) groups is 2. The van der Waals surface area contributed by atoms with Gasteiger partial charge in [0.2, 0.25) is 0 Å². The van der Waals surface area contributed by atoms with Crippen LogP contribution in [0.15, 0.2) is 47.2 Å². The first-order chi connectivity index (χ1) is 13.5. The standard InChI is InChI=1S/C20H20N2O6/c1-4-16(19(23)22-15-10-13(25-2)6-8-17(15)26-3)28-20(24)12-5-7-14-18(9-12)27-11-21-14/h5-11,16H,4H2,1-3H3,(H,22,23). The SMILES string of the molecule is CCC(OC(=O)c1ccc2ncoc2c1)C(=O)Nc1cc(OC)ccc1OC. The number of anilines is 1. The second-order valence-electron chi connectivity index (χ2n) is 5.89. The lowest BCUT2D eigenvalue weighted by Crippen LogP contribution is -2.32.